The topological polar surface area (TPSA) is 41.1 Å². The zero-order chi connectivity index (χ0) is 19.9. The maximum Gasteiger partial charge on any atom is 0.224 e. The largest absolute Gasteiger partial charge is 0.354 e. The molecule has 0 aliphatic heterocycles. The molecule has 140 valence electrons. The molecular weight excluding hydrogens is 344 g/mol. The number of terminal acetylenes is 1. The van der Waals surface area contributed by atoms with Crippen LogP contribution < -0.4 is 10.2 Å². The molecule has 0 saturated carbocycles. The number of nitrogens with one attached hydrogen (secondary N) is 1. The van der Waals surface area contributed by atoms with Crippen LogP contribution in [0.1, 0.15) is 22.3 Å². The van der Waals surface area contributed by atoms with Crippen LogP contribution >= 0.6 is 0 Å². The summed E-state index contributed by atoms with van der Waals surface area (Å²) in [4.78, 5) is 11.1. The lowest BCUT2D eigenvalue weighted by Gasteiger charge is -2.23. The molecule has 3 aromatic rings. The van der Waals surface area contributed by atoms with Crippen LogP contribution in [0, 0.1) is 26.2 Å². The highest BCUT2D eigenvalue weighted by atomic mass is 15.2. The van der Waals surface area contributed by atoms with E-state index in [4.69, 9.17) is 11.4 Å². The van der Waals surface area contributed by atoms with E-state index in [9.17, 15) is 0 Å². The fraction of sp³-hybridized carbons (Fsp3) is 0.167. The van der Waals surface area contributed by atoms with Crippen molar-refractivity contribution in [3.8, 4) is 12.3 Å². The van der Waals surface area contributed by atoms with Crippen molar-refractivity contribution in [3.05, 3.63) is 89.8 Å². The minimum absolute atomic E-state index is 0.598. The molecule has 1 heterocycles. The van der Waals surface area contributed by atoms with E-state index >= 15 is 0 Å². The smallest absolute Gasteiger partial charge is 0.224 e. The third kappa shape index (κ3) is 4.39. The summed E-state index contributed by atoms with van der Waals surface area (Å²) < 4.78 is 0. The molecule has 0 unspecified atom stereocenters. The lowest BCUT2D eigenvalue weighted by molar-refractivity contribution is 0.973. The van der Waals surface area contributed by atoms with E-state index in [1.165, 1.54) is 5.56 Å². The first-order chi connectivity index (χ1) is 13.6. The predicted octanol–water partition coefficient (Wildman–Crippen LogP) is 5.01. The van der Waals surface area contributed by atoms with Crippen LogP contribution in [0.4, 0.5) is 17.5 Å². The van der Waals surface area contributed by atoms with Gasteiger partial charge in [0.15, 0.2) is 0 Å². The second-order valence-electron chi connectivity index (χ2n) is 6.56. The van der Waals surface area contributed by atoms with E-state index in [0.29, 0.717) is 5.95 Å². The van der Waals surface area contributed by atoms with Crippen molar-refractivity contribution in [2.75, 3.05) is 16.8 Å². The van der Waals surface area contributed by atoms with E-state index in [0.717, 1.165) is 41.2 Å². The maximum absolute atomic E-state index is 5.40. The highest BCUT2D eigenvalue weighted by Gasteiger charge is 2.13. The number of aromatic nitrogens is 2. The summed E-state index contributed by atoms with van der Waals surface area (Å²) in [5.41, 5.74) is 5.30. The summed E-state index contributed by atoms with van der Waals surface area (Å²) in [6, 6.07) is 16.2. The molecule has 4 heteroatoms. The third-order valence-electron chi connectivity index (χ3n) is 4.55. The van der Waals surface area contributed by atoms with Crippen LogP contribution in [0.15, 0.2) is 67.5 Å². The molecule has 0 bridgehead atoms. The molecule has 0 radical (unpaired) electrons. The monoisotopic (exact) mass is 368 g/mol. The number of hydrogen-bond donors (Lipinski definition) is 1. The van der Waals surface area contributed by atoms with Crippen LogP contribution in [0.3, 0.4) is 0 Å². The number of nitrogens with zero attached hydrogens (tertiary/aromatic N) is 3. The molecule has 0 aliphatic carbocycles. The fourth-order valence-electron chi connectivity index (χ4n) is 2.98. The Morgan fingerprint density at radius 1 is 1.11 bits per heavy atom. The van der Waals surface area contributed by atoms with Crippen LogP contribution in [-0.2, 0) is 6.42 Å². The van der Waals surface area contributed by atoms with E-state index < -0.39 is 0 Å². The average molecular weight is 368 g/mol. The van der Waals surface area contributed by atoms with Crippen molar-refractivity contribution in [1.82, 2.24) is 9.97 Å². The molecule has 0 amide bonds. The number of para-hydroxylation sites is 1. The Bertz CT molecular complexity index is 1000. The Labute approximate surface area is 167 Å². The third-order valence-corrected chi connectivity index (χ3v) is 4.55. The van der Waals surface area contributed by atoms with Gasteiger partial charge in [-0.05, 0) is 49.6 Å². The lowest BCUT2D eigenvalue weighted by Crippen LogP contribution is -2.15. The highest BCUT2D eigenvalue weighted by Crippen LogP contribution is 2.29. The van der Waals surface area contributed by atoms with Gasteiger partial charge in [-0.3, -0.25) is 0 Å². The molecule has 0 spiro atoms. The van der Waals surface area contributed by atoms with Gasteiger partial charge in [-0.1, -0.05) is 42.8 Å². The highest BCUT2D eigenvalue weighted by molar-refractivity contribution is 5.68. The van der Waals surface area contributed by atoms with E-state index in [1.807, 2.05) is 42.3 Å². The Hall–Kier alpha value is -3.58. The summed E-state index contributed by atoms with van der Waals surface area (Å²) >= 11 is 0. The normalized spacial score (nSPS) is 10.2. The van der Waals surface area contributed by atoms with Gasteiger partial charge >= 0.3 is 0 Å². The zero-order valence-electron chi connectivity index (χ0n) is 16.3. The van der Waals surface area contributed by atoms with Crippen molar-refractivity contribution in [3.63, 3.8) is 0 Å². The maximum atomic E-state index is 5.40. The minimum Gasteiger partial charge on any atom is -0.354 e. The number of hydrogen-bond acceptors (Lipinski definition) is 4. The van der Waals surface area contributed by atoms with E-state index in [2.05, 4.69) is 54.0 Å². The molecule has 1 N–H and O–H groups in total. The molecule has 1 aromatic heterocycles. The average Bonchev–Trinajstić information content (AvgIpc) is 2.72. The quantitative estimate of drug-likeness (QED) is 0.595. The standard InChI is InChI=1S/C24H24N4/c1-5-20-11-13-21(14-12-20)15-16-25-24-26-17-19(4)23(27-24)28(6-2)22-10-8-7-9-18(22)3/h1,6-14,17H,2,15-16H2,3-4H3,(H,25,26,27). The van der Waals surface area contributed by atoms with Crippen LogP contribution in [0.5, 0.6) is 0 Å². The molecule has 0 saturated heterocycles. The Morgan fingerprint density at radius 3 is 2.54 bits per heavy atom. The molecule has 0 aliphatic rings. The van der Waals surface area contributed by atoms with Gasteiger partial charge < -0.3 is 10.2 Å². The number of benzene rings is 2. The Morgan fingerprint density at radius 2 is 1.86 bits per heavy atom. The molecule has 4 nitrogen and oxygen atoms in total. The van der Waals surface area contributed by atoms with Gasteiger partial charge in [-0.2, -0.15) is 4.98 Å². The molecule has 2 aromatic carbocycles. The first-order valence-corrected chi connectivity index (χ1v) is 9.23. The van der Waals surface area contributed by atoms with Gasteiger partial charge in [0.1, 0.15) is 5.82 Å². The number of aryl methyl sites for hydroxylation is 2. The fourth-order valence-corrected chi connectivity index (χ4v) is 2.98. The summed E-state index contributed by atoms with van der Waals surface area (Å²) in [6.07, 6.45) is 9.88. The first-order valence-electron chi connectivity index (χ1n) is 9.23. The van der Waals surface area contributed by atoms with E-state index in [-0.39, 0.29) is 0 Å². The van der Waals surface area contributed by atoms with Gasteiger partial charge in [0.05, 0.1) is 0 Å². The number of rotatable bonds is 7. The second kappa shape index (κ2) is 8.88. The van der Waals surface area contributed by atoms with Crippen LogP contribution in [0.2, 0.25) is 0 Å². The lowest BCUT2D eigenvalue weighted by atomic mass is 10.1. The van der Waals surface area contributed by atoms with Gasteiger partial charge in [-0.25, -0.2) is 4.98 Å². The van der Waals surface area contributed by atoms with Crippen LogP contribution in [0.25, 0.3) is 0 Å². The molecule has 0 fully saturated rings. The second-order valence-corrected chi connectivity index (χ2v) is 6.56. The SMILES string of the molecule is C#Cc1ccc(CCNc2ncc(C)c(N(C=C)c3ccccc3C)n2)cc1. The predicted molar refractivity (Wildman–Crippen MR) is 117 cm³/mol. The van der Waals surface area contributed by atoms with Gasteiger partial charge in [0, 0.05) is 35.8 Å². The van der Waals surface area contributed by atoms with Crippen molar-refractivity contribution in [2.24, 2.45) is 0 Å². The molecule has 3 rings (SSSR count). The Balaban J connectivity index is 1.74. The summed E-state index contributed by atoms with van der Waals surface area (Å²) in [6.45, 7) is 8.78. The van der Waals surface area contributed by atoms with Crippen molar-refractivity contribution >= 4 is 17.5 Å². The van der Waals surface area contributed by atoms with Gasteiger partial charge in [0.25, 0.3) is 0 Å². The molecular formula is C24H24N4. The summed E-state index contributed by atoms with van der Waals surface area (Å²) in [5.74, 6) is 4.05. The Kier molecular flexibility index (Phi) is 6.08. The van der Waals surface area contributed by atoms with Gasteiger partial charge in [0.2, 0.25) is 5.95 Å². The van der Waals surface area contributed by atoms with Gasteiger partial charge in [-0.15, -0.1) is 6.42 Å². The summed E-state index contributed by atoms with van der Waals surface area (Å²) in [7, 11) is 0. The van der Waals surface area contributed by atoms with Crippen molar-refractivity contribution in [2.45, 2.75) is 20.3 Å². The molecule has 28 heavy (non-hydrogen) atoms. The van der Waals surface area contributed by atoms with E-state index in [1.54, 1.807) is 6.20 Å². The van der Waals surface area contributed by atoms with Crippen molar-refractivity contribution < 1.29 is 0 Å². The zero-order valence-corrected chi connectivity index (χ0v) is 16.3. The minimum atomic E-state index is 0.598. The number of anilines is 3. The first kappa shape index (κ1) is 19.2. The molecule has 0 atom stereocenters. The van der Waals surface area contributed by atoms with Crippen molar-refractivity contribution in [1.29, 1.82) is 0 Å². The summed E-state index contributed by atoms with van der Waals surface area (Å²) in [5, 5.41) is 3.31. The van der Waals surface area contributed by atoms with Crippen LogP contribution in [-0.4, -0.2) is 16.5 Å².